The van der Waals surface area contributed by atoms with E-state index in [9.17, 15) is 8.42 Å². The van der Waals surface area contributed by atoms with E-state index >= 15 is 0 Å². The van der Waals surface area contributed by atoms with Crippen LogP contribution in [-0.4, -0.2) is 50.9 Å². The van der Waals surface area contributed by atoms with E-state index in [0.717, 1.165) is 17.9 Å². The third kappa shape index (κ3) is 3.64. The van der Waals surface area contributed by atoms with E-state index in [1.165, 1.54) is 0 Å². The average Bonchev–Trinajstić information content (AvgIpc) is 3.11. The van der Waals surface area contributed by atoms with Gasteiger partial charge in [0.25, 0.3) is 0 Å². The number of rotatable bonds is 6. The number of nitrogens with zero attached hydrogens (tertiary/aromatic N) is 5. The molecular weight excluding hydrogens is 314 g/mol. The van der Waals surface area contributed by atoms with Gasteiger partial charge in [-0.15, -0.1) is 0 Å². The van der Waals surface area contributed by atoms with E-state index < -0.39 is 10.0 Å². The molecule has 0 saturated heterocycles. The van der Waals surface area contributed by atoms with Crippen molar-refractivity contribution >= 4 is 10.0 Å². The number of aromatic nitrogens is 4. The van der Waals surface area contributed by atoms with Gasteiger partial charge in [-0.3, -0.25) is 4.68 Å². The Morgan fingerprint density at radius 2 is 2.13 bits per heavy atom. The molecule has 8 heteroatoms. The van der Waals surface area contributed by atoms with E-state index in [1.807, 2.05) is 30.1 Å². The van der Waals surface area contributed by atoms with Crippen LogP contribution in [0.2, 0.25) is 0 Å². The topological polar surface area (TPSA) is 73.0 Å². The van der Waals surface area contributed by atoms with Gasteiger partial charge in [0, 0.05) is 38.4 Å². The molecule has 0 aromatic carbocycles. The Balaban J connectivity index is 1.72. The number of hydrogen-bond acceptors (Lipinski definition) is 4. The van der Waals surface area contributed by atoms with Gasteiger partial charge in [-0.1, -0.05) is 13.3 Å². The van der Waals surface area contributed by atoms with Gasteiger partial charge in [0.05, 0.1) is 24.2 Å². The second kappa shape index (κ2) is 6.84. The highest BCUT2D eigenvalue weighted by Gasteiger charge is 2.25. The molecule has 0 spiro atoms. The normalized spacial score (nSPS) is 16.2. The van der Waals surface area contributed by atoms with Gasteiger partial charge in [0.2, 0.25) is 10.0 Å². The number of fused-ring (bicyclic) bond motifs is 1. The monoisotopic (exact) mass is 337 g/mol. The summed E-state index contributed by atoms with van der Waals surface area (Å²) in [6.45, 7) is 4.35. The maximum Gasteiger partial charge on any atom is 0.214 e. The summed E-state index contributed by atoms with van der Waals surface area (Å²) in [5.41, 5.74) is 1.07. The van der Waals surface area contributed by atoms with Gasteiger partial charge in [0.1, 0.15) is 5.82 Å². The maximum absolute atomic E-state index is 12.4. The Bertz CT molecular complexity index is 736. The van der Waals surface area contributed by atoms with E-state index in [2.05, 4.69) is 14.6 Å². The van der Waals surface area contributed by atoms with Crippen LogP contribution >= 0.6 is 0 Å². The molecule has 0 bridgehead atoms. The van der Waals surface area contributed by atoms with Crippen LogP contribution in [0, 0.1) is 0 Å². The molecule has 1 aliphatic rings. The van der Waals surface area contributed by atoms with Crippen molar-refractivity contribution in [1.29, 1.82) is 0 Å². The Morgan fingerprint density at radius 3 is 2.87 bits per heavy atom. The first-order chi connectivity index (χ1) is 11.1. The van der Waals surface area contributed by atoms with Crippen molar-refractivity contribution < 1.29 is 8.42 Å². The fraction of sp³-hybridized carbons (Fsp3) is 0.600. The molecule has 3 heterocycles. The highest BCUT2D eigenvalue weighted by molar-refractivity contribution is 7.89. The second-order valence-electron chi connectivity index (χ2n) is 5.84. The first kappa shape index (κ1) is 16.2. The van der Waals surface area contributed by atoms with Gasteiger partial charge in [-0.05, 0) is 12.5 Å². The van der Waals surface area contributed by atoms with Crippen molar-refractivity contribution in [2.45, 2.75) is 39.3 Å². The zero-order valence-electron chi connectivity index (χ0n) is 13.4. The lowest BCUT2D eigenvalue weighted by Crippen LogP contribution is -2.35. The Labute approximate surface area is 137 Å². The number of sulfonamides is 1. The largest absolute Gasteiger partial charge is 0.329 e. The summed E-state index contributed by atoms with van der Waals surface area (Å²) in [7, 11) is -3.15. The number of imidazole rings is 1. The van der Waals surface area contributed by atoms with Gasteiger partial charge in [-0.25, -0.2) is 13.4 Å². The molecule has 3 rings (SSSR count). The molecule has 0 atom stereocenters. The zero-order valence-corrected chi connectivity index (χ0v) is 14.2. The Hall–Kier alpha value is -1.67. The minimum Gasteiger partial charge on any atom is -0.329 e. The van der Waals surface area contributed by atoms with Crippen LogP contribution in [0.4, 0.5) is 0 Å². The van der Waals surface area contributed by atoms with Gasteiger partial charge in [0.15, 0.2) is 0 Å². The third-order valence-electron chi connectivity index (χ3n) is 4.21. The fourth-order valence-electron chi connectivity index (χ4n) is 2.89. The SMILES string of the molecule is CCCCS(=O)(=O)N1CCc2ncc(Cn3cccn3)n2CC1. The highest BCUT2D eigenvalue weighted by Crippen LogP contribution is 2.15. The molecule has 2 aromatic heterocycles. The number of hydrogen-bond donors (Lipinski definition) is 0. The molecule has 0 radical (unpaired) electrons. The van der Waals surface area contributed by atoms with Crippen molar-refractivity contribution in [3.8, 4) is 0 Å². The highest BCUT2D eigenvalue weighted by atomic mass is 32.2. The first-order valence-electron chi connectivity index (χ1n) is 8.08. The molecule has 2 aromatic rings. The molecule has 126 valence electrons. The van der Waals surface area contributed by atoms with E-state index in [-0.39, 0.29) is 5.75 Å². The summed E-state index contributed by atoms with van der Waals surface area (Å²) in [5.74, 6) is 1.20. The Morgan fingerprint density at radius 1 is 1.26 bits per heavy atom. The molecule has 0 aliphatic carbocycles. The minimum atomic E-state index is -3.15. The molecule has 0 saturated carbocycles. The molecule has 0 N–H and O–H groups in total. The van der Waals surface area contributed by atoms with Crippen molar-refractivity contribution in [3.63, 3.8) is 0 Å². The van der Waals surface area contributed by atoms with Crippen LogP contribution in [-0.2, 0) is 29.5 Å². The van der Waals surface area contributed by atoms with E-state index in [0.29, 0.717) is 39.0 Å². The lowest BCUT2D eigenvalue weighted by molar-refractivity contribution is 0.411. The van der Waals surface area contributed by atoms with Crippen LogP contribution in [0.25, 0.3) is 0 Å². The van der Waals surface area contributed by atoms with Crippen LogP contribution in [0.5, 0.6) is 0 Å². The predicted molar refractivity (Wildman–Crippen MR) is 87.5 cm³/mol. The molecule has 1 aliphatic heterocycles. The molecule has 23 heavy (non-hydrogen) atoms. The third-order valence-corrected chi connectivity index (χ3v) is 6.17. The van der Waals surface area contributed by atoms with Crippen molar-refractivity contribution in [3.05, 3.63) is 36.2 Å². The molecular formula is C15H23N5O2S. The molecule has 0 amide bonds. The quantitative estimate of drug-likeness (QED) is 0.792. The molecule has 0 fully saturated rings. The predicted octanol–water partition coefficient (Wildman–Crippen LogP) is 1.12. The fourth-order valence-corrected chi connectivity index (χ4v) is 4.54. The summed E-state index contributed by atoms with van der Waals surface area (Å²) in [5, 5.41) is 4.22. The maximum atomic E-state index is 12.4. The van der Waals surface area contributed by atoms with Gasteiger partial charge in [-0.2, -0.15) is 9.40 Å². The minimum absolute atomic E-state index is 0.242. The van der Waals surface area contributed by atoms with Crippen molar-refractivity contribution in [2.24, 2.45) is 0 Å². The smallest absolute Gasteiger partial charge is 0.214 e. The summed E-state index contributed by atoms with van der Waals surface area (Å²) in [4.78, 5) is 4.48. The van der Waals surface area contributed by atoms with Gasteiger partial charge < -0.3 is 4.57 Å². The Kier molecular flexibility index (Phi) is 4.82. The van der Waals surface area contributed by atoms with Crippen LogP contribution in [0.1, 0.15) is 31.3 Å². The van der Waals surface area contributed by atoms with E-state index in [4.69, 9.17) is 0 Å². The molecule has 0 unspecified atom stereocenters. The van der Waals surface area contributed by atoms with Crippen LogP contribution in [0.3, 0.4) is 0 Å². The lowest BCUT2D eigenvalue weighted by Gasteiger charge is -2.19. The standard InChI is InChI=1S/C15H23N5O2S/c1-2-3-11-23(21,22)19-8-5-15-16-12-14(20(15)10-9-19)13-18-7-4-6-17-18/h4,6-7,12H,2-3,5,8-11,13H2,1H3. The van der Waals surface area contributed by atoms with E-state index in [1.54, 1.807) is 10.5 Å². The van der Waals surface area contributed by atoms with Crippen molar-refractivity contribution in [2.75, 3.05) is 18.8 Å². The number of unbranched alkanes of at least 4 members (excludes halogenated alkanes) is 1. The summed E-state index contributed by atoms with van der Waals surface area (Å²) in [6.07, 6.45) is 7.80. The summed E-state index contributed by atoms with van der Waals surface area (Å²) < 4.78 is 30.4. The second-order valence-corrected chi connectivity index (χ2v) is 7.93. The van der Waals surface area contributed by atoms with Gasteiger partial charge >= 0.3 is 0 Å². The molecule has 7 nitrogen and oxygen atoms in total. The van der Waals surface area contributed by atoms with Crippen LogP contribution < -0.4 is 0 Å². The van der Waals surface area contributed by atoms with Crippen LogP contribution in [0.15, 0.2) is 24.7 Å². The summed E-state index contributed by atoms with van der Waals surface area (Å²) in [6, 6.07) is 1.89. The summed E-state index contributed by atoms with van der Waals surface area (Å²) >= 11 is 0. The van der Waals surface area contributed by atoms with Crippen molar-refractivity contribution in [1.82, 2.24) is 23.6 Å². The first-order valence-corrected chi connectivity index (χ1v) is 9.69. The average molecular weight is 337 g/mol. The lowest BCUT2D eigenvalue weighted by atomic mass is 10.4. The zero-order chi connectivity index (χ0) is 16.3.